The highest BCUT2D eigenvalue weighted by Crippen LogP contribution is 2.10. The average molecular weight is 213 g/mol. The van der Waals surface area contributed by atoms with E-state index in [1.165, 1.54) is 0 Å². The van der Waals surface area contributed by atoms with E-state index in [2.05, 4.69) is 15.5 Å². The number of aromatic nitrogens is 2. The normalized spacial score (nSPS) is 14.9. The standard InChI is InChI=1S/C9H15N3O3/c1-4-9(3,8(13)14)10-5-7-11-6(2)12-15-7/h10H,4-5H2,1-3H3,(H,13,14). The fraction of sp³-hybridized carbons (Fsp3) is 0.667. The Labute approximate surface area is 87.7 Å². The summed E-state index contributed by atoms with van der Waals surface area (Å²) in [5, 5.41) is 15.5. The summed E-state index contributed by atoms with van der Waals surface area (Å²) < 4.78 is 4.87. The Morgan fingerprint density at radius 3 is 2.73 bits per heavy atom. The van der Waals surface area contributed by atoms with Gasteiger partial charge in [0.25, 0.3) is 0 Å². The zero-order valence-corrected chi connectivity index (χ0v) is 9.07. The second kappa shape index (κ2) is 4.39. The van der Waals surface area contributed by atoms with Crippen LogP contribution in [0.2, 0.25) is 0 Å². The molecule has 0 aliphatic carbocycles. The molecule has 84 valence electrons. The first-order valence-electron chi connectivity index (χ1n) is 4.75. The summed E-state index contributed by atoms with van der Waals surface area (Å²) in [7, 11) is 0. The molecule has 0 saturated heterocycles. The van der Waals surface area contributed by atoms with Crippen molar-refractivity contribution in [3.8, 4) is 0 Å². The van der Waals surface area contributed by atoms with Crippen molar-refractivity contribution < 1.29 is 14.4 Å². The number of aryl methyl sites for hydroxylation is 1. The summed E-state index contributed by atoms with van der Waals surface area (Å²) in [6, 6.07) is 0. The Hall–Kier alpha value is -1.43. The molecule has 0 bridgehead atoms. The van der Waals surface area contributed by atoms with Crippen molar-refractivity contribution in [2.24, 2.45) is 0 Å². The van der Waals surface area contributed by atoms with Gasteiger partial charge in [-0.1, -0.05) is 12.1 Å². The molecule has 1 rings (SSSR count). The molecule has 6 heteroatoms. The Morgan fingerprint density at radius 1 is 1.67 bits per heavy atom. The first-order chi connectivity index (χ1) is 6.98. The van der Waals surface area contributed by atoms with E-state index in [-0.39, 0.29) is 6.54 Å². The number of nitrogens with one attached hydrogen (secondary N) is 1. The lowest BCUT2D eigenvalue weighted by Gasteiger charge is -2.23. The van der Waals surface area contributed by atoms with Crippen molar-refractivity contribution in [1.29, 1.82) is 0 Å². The number of hydrogen-bond acceptors (Lipinski definition) is 5. The van der Waals surface area contributed by atoms with Crippen LogP contribution in [0.5, 0.6) is 0 Å². The maximum absolute atomic E-state index is 10.9. The fourth-order valence-electron chi connectivity index (χ4n) is 1.03. The van der Waals surface area contributed by atoms with Crippen LogP contribution in [-0.2, 0) is 11.3 Å². The molecule has 0 aliphatic heterocycles. The third-order valence-electron chi connectivity index (χ3n) is 2.38. The van der Waals surface area contributed by atoms with Gasteiger partial charge in [-0.05, 0) is 20.3 Å². The molecule has 0 aliphatic rings. The summed E-state index contributed by atoms with van der Waals surface area (Å²) in [5.74, 6) is 0.0509. The number of rotatable bonds is 5. The Kier molecular flexibility index (Phi) is 3.41. The number of nitrogens with zero attached hydrogens (tertiary/aromatic N) is 2. The SMILES string of the molecule is CCC(C)(NCc1nc(C)no1)C(=O)O. The summed E-state index contributed by atoms with van der Waals surface area (Å²) in [6.45, 7) is 5.40. The third kappa shape index (κ3) is 2.76. The highest BCUT2D eigenvalue weighted by molar-refractivity contribution is 5.78. The molecule has 0 saturated carbocycles. The minimum absolute atomic E-state index is 0.261. The second-order valence-corrected chi connectivity index (χ2v) is 3.58. The molecule has 0 radical (unpaired) electrons. The molecule has 2 N–H and O–H groups in total. The van der Waals surface area contributed by atoms with Crippen LogP contribution in [0.15, 0.2) is 4.52 Å². The van der Waals surface area contributed by atoms with Crippen LogP contribution < -0.4 is 5.32 Å². The highest BCUT2D eigenvalue weighted by atomic mass is 16.5. The van der Waals surface area contributed by atoms with Gasteiger partial charge in [0.2, 0.25) is 5.89 Å². The quantitative estimate of drug-likeness (QED) is 0.749. The lowest BCUT2D eigenvalue weighted by atomic mass is 9.99. The monoisotopic (exact) mass is 213 g/mol. The largest absolute Gasteiger partial charge is 0.480 e. The third-order valence-corrected chi connectivity index (χ3v) is 2.38. The Bertz CT molecular complexity index is 350. The number of carboxylic acids is 1. The maximum atomic E-state index is 10.9. The number of hydrogen-bond donors (Lipinski definition) is 2. The van der Waals surface area contributed by atoms with Gasteiger partial charge in [-0.15, -0.1) is 0 Å². The summed E-state index contributed by atoms with van der Waals surface area (Å²) in [6.07, 6.45) is 0.482. The number of carboxylic acid groups (broad SMARTS) is 1. The van der Waals surface area contributed by atoms with E-state index in [9.17, 15) is 4.79 Å². The predicted octanol–water partition coefficient (Wildman–Crippen LogP) is 0.721. The zero-order valence-electron chi connectivity index (χ0n) is 9.07. The lowest BCUT2D eigenvalue weighted by molar-refractivity contribution is -0.144. The molecule has 1 heterocycles. The van der Waals surface area contributed by atoms with Gasteiger partial charge in [0, 0.05) is 0 Å². The fourth-order valence-corrected chi connectivity index (χ4v) is 1.03. The molecule has 1 unspecified atom stereocenters. The molecule has 1 atom stereocenters. The molecule has 0 spiro atoms. The van der Waals surface area contributed by atoms with Gasteiger partial charge in [0.15, 0.2) is 5.82 Å². The van der Waals surface area contributed by atoms with Crippen molar-refractivity contribution in [2.45, 2.75) is 39.3 Å². The minimum Gasteiger partial charge on any atom is -0.480 e. The predicted molar refractivity (Wildman–Crippen MR) is 52.2 cm³/mol. The van der Waals surface area contributed by atoms with E-state index in [4.69, 9.17) is 9.63 Å². The molecule has 6 nitrogen and oxygen atoms in total. The lowest BCUT2D eigenvalue weighted by Crippen LogP contribution is -2.48. The van der Waals surface area contributed by atoms with Crippen molar-refractivity contribution in [3.63, 3.8) is 0 Å². The van der Waals surface area contributed by atoms with Crippen molar-refractivity contribution in [2.75, 3.05) is 0 Å². The van der Waals surface area contributed by atoms with Gasteiger partial charge in [0.1, 0.15) is 5.54 Å². The van der Waals surface area contributed by atoms with E-state index in [1.807, 2.05) is 0 Å². The van der Waals surface area contributed by atoms with E-state index >= 15 is 0 Å². The van der Waals surface area contributed by atoms with Crippen molar-refractivity contribution in [1.82, 2.24) is 15.5 Å². The first-order valence-corrected chi connectivity index (χ1v) is 4.75. The summed E-state index contributed by atoms with van der Waals surface area (Å²) >= 11 is 0. The molecule has 15 heavy (non-hydrogen) atoms. The van der Waals surface area contributed by atoms with E-state index in [1.54, 1.807) is 20.8 Å². The van der Waals surface area contributed by atoms with Gasteiger partial charge >= 0.3 is 5.97 Å². The topological polar surface area (TPSA) is 88.3 Å². The van der Waals surface area contributed by atoms with Gasteiger partial charge in [-0.2, -0.15) is 4.98 Å². The smallest absolute Gasteiger partial charge is 0.323 e. The van der Waals surface area contributed by atoms with E-state index in [0.717, 1.165) is 0 Å². The molecule has 0 amide bonds. The maximum Gasteiger partial charge on any atom is 0.323 e. The van der Waals surface area contributed by atoms with Crippen molar-refractivity contribution >= 4 is 5.97 Å². The molecular formula is C9H15N3O3. The minimum atomic E-state index is -0.956. The van der Waals surface area contributed by atoms with E-state index < -0.39 is 11.5 Å². The second-order valence-electron chi connectivity index (χ2n) is 3.58. The molecule has 0 aromatic carbocycles. The van der Waals surface area contributed by atoms with Crippen LogP contribution in [0.1, 0.15) is 32.0 Å². The molecule has 1 aromatic heterocycles. The molecule has 1 aromatic rings. The average Bonchev–Trinajstić information content (AvgIpc) is 2.60. The zero-order chi connectivity index (χ0) is 11.5. The van der Waals surface area contributed by atoms with Crippen LogP contribution in [0, 0.1) is 6.92 Å². The van der Waals surface area contributed by atoms with Gasteiger partial charge in [-0.25, -0.2) is 0 Å². The van der Waals surface area contributed by atoms with Crippen LogP contribution >= 0.6 is 0 Å². The van der Waals surface area contributed by atoms with Crippen LogP contribution in [-0.4, -0.2) is 26.8 Å². The summed E-state index contributed by atoms with van der Waals surface area (Å²) in [5.41, 5.74) is -0.956. The van der Waals surface area contributed by atoms with E-state index in [0.29, 0.717) is 18.1 Å². The van der Waals surface area contributed by atoms with Crippen LogP contribution in [0.25, 0.3) is 0 Å². The summed E-state index contributed by atoms with van der Waals surface area (Å²) in [4.78, 5) is 14.9. The van der Waals surface area contributed by atoms with Crippen LogP contribution in [0.3, 0.4) is 0 Å². The number of aliphatic carboxylic acids is 1. The number of carbonyl (C=O) groups is 1. The Balaban J connectivity index is 2.59. The molecule has 0 fully saturated rings. The van der Waals surface area contributed by atoms with Gasteiger partial charge in [-0.3, -0.25) is 10.1 Å². The van der Waals surface area contributed by atoms with Crippen molar-refractivity contribution in [3.05, 3.63) is 11.7 Å². The first kappa shape index (κ1) is 11.6. The van der Waals surface area contributed by atoms with Gasteiger partial charge in [0.05, 0.1) is 6.54 Å². The van der Waals surface area contributed by atoms with Crippen LogP contribution in [0.4, 0.5) is 0 Å². The van der Waals surface area contributed by atoms with Gasteiger partial charge < -0.3 is 9.63 Å². The highest BCUT2D eigenvalue weighted by Gasteiger charge is 2.30. The molecular weight excluding hydrogens is 198 g/mol. The Morgan fingerprint density at radius 2 is 2.33 bits per heavy atom.